The van der Waals surface area contributed by atoms with Crippen LogP contribution in [0.3, 0.4) is 0 Å². The Morgan fingerprint density at radius 3 is 2.62 bits per heavy atom. The molecule has 0 aliphatic carbocycles. The fourth-order valence-electron chi connectivity index (χ4n) is 1.59. The van der Waals surface area contributed by atoms with Crippen molar-refractivity contribution in [1.82, 2.24) is 5.32 Å². The van der Waals surface area contributed by atoms with Crippen LogP contribution in [-0.2, 0) is 6.42 Å². The van der Waals surface area contributed by atoms with Gasteiger partial charge >= 0.3 is 0 Å². The average Bonchev–Trinajstić information content (AvgIpc) is 2.35. The first-order chi connectivity index (χ1) is 7.72. The second-order valence-electron chi connectivity index (χ2n) is 3.77. The van der Waals surface area contributed by atoms with E-state index in [1.165, 1.54) is 0 Å². The molecule has 0 spiro atoms. The van der Waals surface area contributed by atoms with E-state index >= 15 is 0 Å². The molecule has 0 saturated carbocycles. The van der Waals surface area contributed by atoms with Gasteiger partial charge in [0.15, 0.2) is 0 Å². The normalized spacial score (nSPS) is 12.2. The predicted octanol–water partition coefficient (Wildman–Crippen LogP) is 1.75. The highest BCUT2D eigenvalue weighted by atomic mass is 16.3. The van der Waals surface area contributed by atoms with Gasteiger partial charge in [0, 0.05) is 5.56 Å². The first kappa shape index (κ1) is 12.7. The highest BCUT2D eigenvalue weighted by Crippen LogP contribution is 2.09. The number of benzene rings is 1. The summed E-state index contributed by atoms with van der Waals surface area (Å²) in [5.74, 6) is -0.0987. The minimum Gasteiger partial charge on any atom is -0.394 e. The summed E-state index contributed by atoms with van der Waals surface area (Å²) in [6, 6.07) is 7.40. The van der Waals surface area contributed by atoms with Crippen molar-refractivity contribution >= 4 is 5.91 Å². The maximum absolute atomic E-state index is 11.9. The zero-order valence-electron chi connectivity index (χ0n) is 9.86. The van der Waals surface area contributed by atoms with Crippen molar-refractivity contribution in [1.29, 1.82) is 0 Å². The molecule has 3 nitrogen and oxygen atoms in total. The molecular formula is C13H19NO2. The predicted molar refractivity (Wildman–Crippen MR) is 64.5 cm³/mol. The highest BCUT2D eigenvalue weighted by molar-refractivity contribution is 5.95. The number of carbonyl (C=O) groups is 1. The molecule has 0 fully saturated rings. The smallest absolute Gasteiger partial charge is 0.251 e. The van der Waals surface area contributed by atoms with E-state index in [2.05, 4.69) is 5.32 Å². The quantitative estimate of drug-likeness (QED) is 0.795. The molecule has 0 aliphatic heterocycles. The Labute approximate surface area is 96.5 Å². The molecule has 0 bridgehead atoms. The Morgan fingerprint density at radius 1 is 1.38 bits per heavy atom. The Morgan fingerprint density at radius 2 is 2.06 bits per heavy atom. The van der Waals surface area contributed by atoms with Crippen LogP contribution in [0.15, 0.2) is 24.3 Å². The van der Waals surface area contributed by atoms with E-state index in [1.807, 2.05) is 38.1 Å². The van der Waals surface area contributed by atoms with Crippen LogP contribution in [0.2, 0.25) is 0 Å². The van der Waals surface area contributed by atoms with Gasteiger partial charge in [-0.25, -0.2) is 0 Å². The molecule has 1 amide bonds. The lowest BCUT2D eigenvalue weighted by molar-refractivity contribution is 0.0914. The third kappa shape index (κ3) is 3.07. The molecule has 3 heteroatoms. The monoisotopic (exact) mass is 221 g/mol. The first-order valence-electron chi connectivity index (χ1n) is 5.72. The zero-order chi connectivity index (χ0) is 12.0. The van der Waals surface area contributed by atoms with E-state index in [9.17, 15) is 4.79 Å². The summed E-state index contributed by atoms with van der Waals surface area (Å²) in [6.07, 6.45) is 1.57. The fourth-order valence-corrected chi connectivity index (χ4v) is 1.59. The topological polar surface area (TPSA) is 49.3 Å². The number of rotatable bonds is 5. The van der Waals surface area contributed by atoms with Gasteiger partial charge in [-0.3, -0.25) is 4.79 Å². The standard InChI is InChI=1S/C13H19NO2/c1-3-10-7-5-6-8-12(10)13(16)14-11(4-2)9-15/h5-8,11,15H,3-4,9H2,1-2H3,(H,14,16)/t11-/m0/s1. The summed E-state index contributed by atoms with van der Waals surface area (Å²) in [5.41, 5.74) is 1.74. The number of hydrogen-bond acceptors (Lipinski definition) is 2. The molecule has 0 aliphatic rings. The molecule has 1 atom stereocenters. The molecule has 0 saturated heterocycles. The van der Waals surface area contributed by atoms with Gasteiger partial charge in [-0.1, -0.05) is 32.0 Å². The van der Waals surface area contributed by atoms with E-state index in [1.54, 1.807) is 0 Å². The lowest BCUT2D eigenvalue weighted by Crippen LogP contribution is -2.37. The largest absolute Gasteiger partial charge is 0.394 e. The van der Waals surface area contributed by atoms with Crippen LogP contribution < -0.4 is 5.32 Å². The Bertz CT molecular complexity index is 346. The second kappa shape index (κ2) is 6.28. The van der Waals surface area contributed by atoms with Crippen molar-refractivity contribution in [2.75, 3.05) is 6.61 Å². The zero-order valence-corrected chi connectivity index (χ0v) is 9.86. The molecule has 0 radical (unpaired) electrons. The Hall–Kier alpha value is -1.35. The van der Waals surface area contributed by atoms with Crippen LogP contribution in [0, 0.1) is 0 Å². The molecule has 0 unspecified atom stereocenters. The van der Waals surface area contributed by atoms with E-state index in [0.29, 0.717) is 5.56 Å². The van der Waals surface area contributed by atoms with Gasteiger partial charge in [-0.05, 0) is 24.5 Å². The van der Waals surface area contributed by atoms with Gasteiger partial charge < -0.3 is 10.4 Å². The fraction of sp³-hybridized carbons (Fsp3) is 0.462. The summed E-state index contributed by atoms with van der Waals surface area (Å²) in [6.45, 7) is 3.94. The van der Waals surface area contributed by atoms with Crippen LogP contribution in [0.1, 0.15) is 36.2 Å². The minimum absolute atomic E-state index is 0.0173. The van der Waals surface area contributed by atoms with Crippen molar-refractivity contribution in [3.05, 3.63) is 35.4 Å². The van der Waals surface area contributed by atoms with Crippen molar-refractivity contribution in [2.45, 2.75) is 32.7 Å². The lowest BCUT2D eigenvalue weighted by Gasteiger charge is -2.15. The van der Waals surface area contributed by atoms with Gasteiger partial charge in [0.2, 0.25) is 0 Å². The van der Waals surface area contributed by atoms with Gasteiger partial charge in [0.25, 0.3) is 5.91 Å². The van der Waals surface area contributed by atoms with Gasteiger partial charge in [-0.2, -0.15) is 0 Å². The highest BCUT2D eigenvalue weighted by Gasteiger charge is 2.13. The van der Waals surface area contributed by atoms with E-state index in [0.717, 1.165) is 18.4 Å². The van der Waals surface area contributed by atoms with Crippen molar-refractivity contribution in [3.63, 3.8) is 0 Å². The van der Waals surface area contributed by atoms with Crippen molar-refractivity contribution in [2.24, 2.45) is 0 Å². The van der Waals surface area contributed by atoms with E-state index in [-0.39, 0.29) is 18.6 Å². The SMILES string of the molecule is CCc1ccccc1C(=O)N[C@@H](CC)CO. The Balaban J connectivity index is 2.79. The summed E-state index contributed by atoms with van der Waals surface area (Å²) in [5, 5.41) is 11.9. The number of nitrogens with one attached hydrogen (secondary N) is 1. The van der Waals surface area contributed by atoms with Gasteiger partial charge in [0.05, 0.1) is 12.6 Å². The van der Waals surface area contributed by atoms with Crippen LogP contribution in [0.4, 0.5) is 0 Å². The van der Waals surface area contributed by atoms with Crippen LogP contribution in [-0.4, -0.2) is 23.7 Å². The number of aliphatic hydroxyl groups is 1. The molecule has 88 valence electrons. The van der Waals surface area contributed by atoms with Gasteiger partial charge in [0.1, 0.15) is 0 Å². The van der Waals surface area contributed by atoms with E-state index in [4.69, 9.17) is 5.11 Å². The number of aliphatic hydroxyl groups excluding tert-OH is 1. The lowest BCUT2D eigenvalue weighted by atomic mass is 10.0. The summed E-state index contributed by atoms with van der Waals surface area (Å²) in [7, 11) is 0. The molecule has 16 heavy (non-hydrogen) atoms. The summed E-state index contributed by atoms with van der Waals surface area (Å²) in [4.78, 5) is 11.9. The molecule has 0 heterocycles. The van der Waals surface area contributed by atoms with Crippen molar-refractivity contribution in [3.8, 4) is 0 Å². The molecule has 2 N–H and O–H groups in total. The first-order valence-corrected chi connectivity index (χ1v) is 5.72. The van der Waals surface area contributed by atoms with Crippen LogP contribution in [0.25, 0.3) is 0 Å². The van der Waals surface area contributed by atoms with Crippen LogP contribution >= 0.6 is 0 Å². The maximum atomic E-state index is 11.9. The van der Waals surface area contributed by atoms with Crippen molar-refractivity contribution < 1.29 is 9.90 Å². The van der Waals surface area contributed by atoms with Crippen LogP contribution in [0.5, 0.6) is 0 Å². The Kier molecular flexibility index (Phi) is 4.99. The summed E-state index contributed by atoms with van der Waals surface area (Å²) < 4.78 is 0. The number of amides is 1. The minimum atomic E-state index is -0.155. The number of carbonyl (C=O) groups excluding carboxylic acids is 1. The summed E-state index contributed by atoms with van der Waals surface area (Å²) >= 11 is 0. The molecule has 1 aromatic rings. The molecule has 1 aromatic carbocycles. The molecular weight excluding hydrogens is 202 g/mol. The maximum Gasteiger partial charge on any atom is 0.251 e. The average molecular weight is 221 g/mol. The number of hydrogen-bond donors (Lipinski definition) is 2. The third-order valence-corrected chi connectivity index (χ3v) is 2.69. The second-order valence-corrected chi connectivity index (χ2v) is 3.77. The third-order valence-electron chi connectivity index (χ3n) is 2.69. The van der Waals surface area contributed by atoms with Gasteiger partial charge in [-0.15, -0.1) is 0 Å². The van der Waals surface area contributed by atoms with E-state index < -0.39 is 0 Å². The molecule has 1 rings (SSSR count). The molecule has 0 aromatic heterocycles. The number of aryl methyl sites for hydroxylation is 1.